The van der Waals surface area contributed by atoms with Gasteiger partial charge in [-0.1, -0.05) is 24.3 Å². The Balaban J connectivity index is 1.51. The summed E-state index contributed by atoms with van der Waals surface area (Å²) >= 11 is 5.41. The number of alkyl halides is 1. The minimum Gasteiger partial charge on any atom is -0.325 e. The van der Waals surface area contributed by atoms with E-state index in [4.69, 9.17) is 11.6 Å². The van der Waals surface area contributed by atoms with Gasteiger partial charge in [0.05, 0.1) is 4.90 Å². The molecule has 0 bridgehead atoms. The van der Waals surface area contributed by atoms with Crippen LogP contribution in [0.3, 0.4) is 0 Å². The molecule has 3 aromatic carbocycles. The number of sulfonamides is 1. The summed E-state index contributed by atoms with van der Waals surface area (Å²) in [5.74, 6) is -3.15. The van der Waals surface area contributed by atoms with Crippen LogP contribution in [-0.2, 0) is 19.6 Å². The van der Waals surface area contributed by atoms with Gasteiger partial charge in [-0.25, -0.2) is 13.1 Å². The summed E-state index contributed by atoms with van der Waals surface area (Å²) in [5, 5.41) is 3.67. The zero-order valence-electron chi connectivity index (χ0n) is 16.9. The van der Waals surface area contributed by atoms with Crippen molar-refractivity contribution in [3.05, 3.63) is 71.8 Å². The summed E-state index contributed by atoms with van der Waals surface area (Å²) < 4.78 is 27.0. The van der Waals surface area contributed by atoms with Crippen LogP contribution in [0, 0.1) is 0 Å². The minimum atomic E-state index is -4.28. The van der Waals surface area contributed by atoms with Crippen molar-refractivity contribution in [2.45, 2.75) is 4.90 Å². The van der Waals surface area contributed by atoms with Gasteiger partial charge < -0.3 is 5.32 Å². The van der Waals surface area contributed by atoms with Crippen molar-refractivity contribution in [2.24, 2.45) is 0 Å². The predicted octanol–water partition coefficient (Wildman–Crippen LogP) is 2.12. The number of carbonyl (C=O) groups excluding carboxylic acids is 4. The third-order valence-corrected chi connectivity index (χ3v) is 6.61. The fraction of sp³-hybridized carbons (Fsp3) is 0.0909. The molecule has 3 aromatic rings. The minimum absolute atomic E-state index is 0.244. The Morgan fingerprint density at radius 1 is 0.848 bits per heavy atom. The number of nitrogens with zero attached hydrogens (tertiary/aromatic N) is 1. The summed E-state index contributed by atoms with van der Waals surface area (Å²) in [6, 6.07) is 15.0. The van der Waals surface area contributed by atoms with E-state index in [0.717, 1.165) is 0 Å². The van der Waals surface area contributed by atoms with Gasteiger partial charge in [-0.2, -0.15) is 0 Å². The smallest absolute Gasteiger partial charge is 0.264 e. The molecule has 11 heteroatoms. The van der Waals surface area contributed by atoms with E-state index in [1.54, 1.807) is 36.4 Å². The van der Waals surface area contributed by atoms with Crippen molar-refractivity contribution in [1.82, 2.24) is 9.62 Å². The molecule has 0 spiro atoms. The molecule has 33 heavy (non-hydrogen) atoms. The van der Waals surface area contributed by atoms with Crippen LogP contribution in [0.1, 0.15) is 20.7 Å². The van der Waals surface area contributed by atoms with Gasteiger partial charge in [0.15, 0.2) is 0 Å². The maximum atomic E-state index is 12.9. The summed E-state index contributed by atoms with van der Waals surface area (Å²) in [5.41, 5.74) is 0.837. The number of nitrogens with one attached hydrogen (secondary N) is 2. The van der Waals surface area contributed by atoms with Gasteiger partial charge in [0.25, 0.3) is 27.7 Å². The second kappa shape index (κ2) is 8.64. The second-order valence-electron chi connectivity index (χ2n) is 7.14. The number of rotatable bonds is 6. The standard InChI is InChI=1S/C22H16ClN3O6S/c23-11-18(27)24-14-7-9-15(10-8-14)33(31,32)25-19(28)12-26-21(29)16-5-1-3-13-4-2-6-17(20(13)16)22(26)30/h1-10H,11-12H2,(H,24,27)(H,25,28). The molecule has 9 nitrogen and oxygen atoms in total. The van der Waals surface area contributed by atoms with E-state index >= 15 is 0 Å². The highest BCUT2D eigenvalue weighted by Crippen LogP contribution is 2.29. The number of benzene rings is 3. The Labute approximate surface area is 193 Å². The molecular weight excluding hydrogens is 470 g/mol. The first-order chi connectivity index (χ1) is 15.7. The second-order valence-corrected chi connectivity index (χ2v) is 9.09. The monoisotopic (exact) mass is 485 g/mol. The highest BCUT2D eigenvalue weighted by atomic mass is 35.5. The lowest BCUT2D eigenvalue weighted by Gasteiger charge is -2.26. The topological polar surface area (TPSA) is 130 Å². The summed E-state index contributed by atoms with van der Waals surface area (Å²) in [6.07, 6.45) is 0. The van der Waals surface area contributed by atoms with E-state index in [1.807, 2.05) is 4.72 Å². The summed E-state index contributed by atoms with van der Waals surface area (Å²) in [6.45, 7) is -0.772. The number of hydrogen-bond donors (Lipinski definition) is 2. The Bertz CT molecular complexity index is 1370. The zero-order valence-corrected chi connectivity index (χ0v) is 18.4. The zero-order chi connectivity index (χ0) is 23.8. The molecule has 0 aliphatic carbocycles. The largest absolute Gasteiger partial charge is 0.325 e. The molecule has 4 rings (SSSR count). The van der Waals surface area contributed by atoms with Crippen molar-refractivity contribution in [3.8, 4) is 0 Å². The van der Waals surface area contributed by atoms with E-state index in [0.29, 0.717) is 21.4 Å². The molecule has 0 unspecified atom stereocenters. The molecule has 1 heterocycles. The molecule has 4 amide bonds. The van der Waals surface area contributed by atoms with Gasteiger partial charge >= 0.3 is 0 Å². The number of carbonyl (C=O) groups is 4. The first-order valence-electron chi connectivity index (χ1n) is 9.61. The highest BCUT2D eigenvalue weighted by Gasteiger charge is 2.34. The summed E-state index contributed by atoms with van der Waals surface area (Å²) in [4.78, 5) is 50.0. The number of halogens is 1. The van der Waals surface area contributed by atoms with E-state index in [9.17, 15) is 27.6 Å². The first-order valence-corrected chi connectivity index (χ1v) is 11.6. The lowest BCUT2D eigenvalue weighted by atomic mass is 9.94. The molecule has 0 aromatic heterocycles. The molecule has 2 N–H and O–H groups in total. The van der Waals surface area contributed by atoms with Crippen molar-refractivity contribution < 1.29 is 27.6 Å². The van der Waals surface area contributed by atoms with Crippen LogP contribution in [0.15, 0.2) is 65.6 Å². The lowest BCUT2D eigenvalue weighted by molar-refractivity contribution is -0.119. The van der Waals surface area contributed by atoms with E-state index in [1.165, 1.54) is 24.3 Å². The van der Waals surface area contributed by atoms with Crippen LogP contribution in [-0.4, -0.2) is 49.4 Å². The average molecular weight is 486 g/mol. The quantitative estimate of drug-likeness (QED) is 0.406. The average Bonchev–Trinajstić information content (AvgIpc) is 2.80. The van der Waals surface area contributed by atoms with E-state index in [2.05, 4.69) is 5.32 Å². The molecule has 0 radical (unpaired) electrons. The number of imide groups is 1. The Kier molecular flexibility index (Phi) is 5.88. The van der Waals surface area contributed by atoms with Crippen LogP contribution in [0.2, 0.25) is 0 Å². The molecular formula is C22H16ClN3O6S. The van der Waals surface area contributed by atoms with Crippen LogP contribution >= 0.6 is 11.6 Å². The van der Waals surface area contributed by atoms with E-state index < -0.39 is 40.2 Å². The Hall–Kier alpha value is -3.76. The lowest BCUT2D eigenvalue weighted by Crippen LogP contribution is -2.47. The molecule has 0 atom stereocenters. The fourth-order valence-corrected chi connectivity index (χ4v) is 4.56. The first kappa shape index (κ1) is 22.4. The maximum absolute atomic E-state index is 12.9. The van der Waals surface area contributed by atoms with Crippen LogP contribution in [0.4, 0.5) is 5.69 Å². The Morgan fingerprint density at radius 3 is 1.97 bits per heavy atom. The molecule has 0 fully saturated rings. The fourth-order valence-electron chi connectivity index (χ4n) is 3.52. The van der Waals surface area contributed by atoms with Gasteiger partial charge in [-0.3, -0.25) is 24.1 Å². The van der Waals surface area contributed by atoms with Gasteiger partial charge in [0.2, 0.25) is 5.91 Å². The third kappa shape index (κ3) is 4.30. The molecule has 1 aliphatic rings. The maximum Gasteiger partial charge on any atom is 0.264 e. The molecule has 168 valence electrons. The van der Waals surface area contributed by atoms with Crippen LogP contribution in [0.5, 0.6) is 0 Å². The molecule has 0 saturated heterocycles. The van der Waals surface area contributed by atoms with Gasteiger partial charge in [-0.05, 0) is 41.8 Å². The van der Waals surface area contributed by atoms with Crippen molar-refractivity contribution >= 4 is 61.7 Å². The number of hydrogen-bond acceptors (Lipinski definition) is 6. The SMILES string of the molecule is O=C(CCl)Nc1ccc(S(=O)(=O)NC(=O)CN2C(=O)c3cccc4cccc(c34)C2=O)cc1. The molecule has 1 aliphatic heterocycles. The van der Waals surface area contributed by atoms with Crippen LogP contribution < -0.4 is 10.0 Å². The third-order valence-electron chi connectivity index (χ3n) is 4.98. The number of amides is 4. The van der Waals surface area contributed by atoms with E-state index in [-0.39, 0.29) is 21.9 Å². The van der Waals surface area contributed by atoms with Crippen LogP contribution in [0.25, 0.3) is 10.8 Å². The van der Waals surface area contributed by atoms with Crippen molar-refractivity contribution in [1.29, 1.82) is 0 Å². The Morgan fingerprint density at radius 2 is 1.42 bits per heavy atom. The highest BCUT2D eigenvalue weighted by molar-refractivity contribution is 7.90. The number of anilines is 1. The predicted molar refractivity (Wildman–Crippen MR) is 120 cm³/mol. The van der Waals surface area contributed by atoms with Gasteiger partial charge in [0, 0.05) is 22.2 Å². The van der Waals surface area contributed by atoms with Gasteiger partial charge in [0.1, 0.15) is 12.4 Å². The summed E-state index contributed by atoms with van der Waals surface area (Å²) in [7, 11) is -4.28. The molecule has 0 saturated carbocycles. The van der Waals surface area contributed by atoms with Crippen molar-refractivity contribution in [3.63, 3.8) is 0 Å². The van der Waals surface area contributed by atoms with Gasteiger partial charge in [-0.15, -0.1) is 11.6 Å². The van der Waals surface area contributed by atoms with Crippen molar-refractivity contribution in [2.75, 3.05) is 17.7 Å². The normalized spacial score (nSPS) is 13.2.